The molecule has 0 saturated carbocycles. The van der Waals surface area contributed by atoms with Gasteiger partial charge in [-0.3, -0.25) is 0 Å². The van der Waals surface area contributed by atoms with Crippen molar-refractivity contribution >= 4 is 23.2 Å². The molecule has 0 aliphatic carbocycles. The van der Waals surface area contributed by atoms with Gasteiger partial charge in [-0.1, -0.05) is 0 Å². The molecule has 1 aromatic carbocycles. The summed E-state index contributed by atoms with van der Waals surface area (Å²) in [6.45, 7) is 9.64. The van der Waals surface area contributed by atoms with E-state index in [-0.39, 0.29) is 6.04 Å². The topological polar surface area (TPSA) is 53.7 Å². The van der Waals surface area contributed by atoms with Crippen LogP contribution in [-0.4, -0.2) is 39.4 Å². The molecule has 0 spiro atoms. The van der Waals surface area contributed by atoms with Crippen LogP contribution >= 0.6 is 0 Å². The zero-order chi connectivity index (χ0) is 14.3. The van der Waals surface area contributed by atoms with Crippen LogP contribution in [-0.2, 0) is 9.22 Å². The summed E-state index contributed by atoms with van der Waals surface area (Å²) in [5.41, 5.74) is 7.13. The monoisotopic (exact) mass is 375 g/mol. The molecule has 108 valence electrons. The van der Waals surface area contributed by atoms with Gasteiger partial charge in [0, 0.05) is 0 Å². The van der Waals surface area contributed by atoms with Gasteiger partial charge in [0.15, 0.2) is 0 Å². The Balaban J connectivity index is 3.29. The fourth-order valence-electron chi connectivity index (χ4n) is 2.10. The first kappa shape index (κ1) is 16.9. The van der Waals surface area contributed by atoms with E-state index >= 15 is 0 Å². The Hall–Kier alpha value is -0.141. The Morgan fingerprint density at radius 2 is 1.47 bits per heavy atom. The maximum absolute atomic E-state index is 6.07. The van der Waals surface area contributed by atoms with Gasteiger partial charge in [0.05, 0.1) is 0 Å². The molecule has 0 heterocycles. The van der Waals surface area contributed by atoms with Gasteiger partial charge in [-0.2, -0.15) is 0 Å². The van der Waals surface area contributed by atoms with E-state index in [2.05, 4.69) is 0 Å². The first-order valence-electron chi connectivity index (χ1n) is 6.88. The van der Waals surface area contributed by atoms with E-state index in [1.54, 1.807) is 0 Å². The maximum atomic E-state index is 6.07. The van der Waals surface area contributed by atoms with Gasteiger partial charge >= 0.3 is 122 Å². The molecule has 0 aliphatic heterocycles. The van der Waals surface area contributed by atoms with Crippen molar-refractivity contribution in [3.63, 3.8) is 0 Å². The van der Waals surface area contributed by atoms with Crippen molar-refractivity contribution in [1.82, 2.24) is 0 Å². The molecular weight excluding hydrogens is 349 g/mol. The summed E-state index contributed by atoms with van der Waals surface area (Å²) in [5, 5.41) is 0. The molecule has 0 radical (unpaired) electrons. The summed E-state index contributed by atoms with van der Waals surface area (Å²) in [6, 6.07) is 7.99. The Morgan fingerprint density at radius 1 is 1.00 bits per heavy atom. The van der Waals surface area contributed by atoms with Crippen LogP contribution in [0.3, 0.4) is 0 Å². The van der Waals surface area contributed by atoms with Crippen molar-refractivity contribution in [3.05, 3.63) is 29.8 Å². The van der Waals surface area contributed by atoms with Crippen LogP contribution in [0.25, 0.3) is 0 Å². The standard InChI is InChI=1S/C8H10N.3C2H5O.Sn/c1-7(9)8-5-3-2-4-6-8;3*1-2-3;/h2-5,7H,9H2,1H3;3*2H2,1H3;/q;3*-1;+3. The molecule has 0 bridgehead atoms. The zero-order valence-electron chi connectivity index (χ0n) is 12.3. The van der Waals surface area contributed by atoms with E-state index < -0.39 is 19.6 Å². The number of hydrogen-bond donors (Lipinski definition) is 1. The Labute approximate surface area is 121 Å². The molecule has 19 heavy (non-hydrogen) atoms. The molecule has 1 aromatic rings. The predicted octanol–water partition coefficient (Wildman–Crippen LogP) is 1.96. The summed E-state index contributed by atoms with van der Waals surface area (Å²) in [4.78, 5) is 0. The fourth-order valence-corrected chi connectivity index (χ4v) is 10.2. The van der Waals surface area contributed by atoms with E-state index in [0.29, 0.717) is 19.8 Å². The van der Waals surface area contributed by atoms with E-state index in [4.69, 9.17) is 15.0 Å². The van der Waals surface area contributed by atoms with Gasteiger partial charge in [-0.25, -0.2) is 0 Å². The van der Waals surface area contributed by atoms with Crippen LogP contribution in [0.4, 0.5) is 0 Å². The van der Waals surface area contributed by atoms with Gasteiger partial charge in [0.25, 0.3) is 0 Å². The third kappa shape index (κ3) is 4.16. The normalized spacial score (nSPS) is 13.5. The van der Waals surface area contributed by atoms with E-state index in [1.807, 2.05) is 52.0 Å². The first-order valence-corrected chi connectivity index (χ1v) is 11.8. The fraction of sp³-hybridized carbons (Fsp3) is 0.571. The average molecular weight is 374 g/mol. The second-order valence-corrected chi connectivity index (χ2v) is 11.4. The number of hydrogen-bond acceptors (Lipinski definition) is 4. The van der Waals surface area contributed by atoms with Gasteiger partial charge in [-0.15, -0.1) is 0 Å². The summed E-state index contributed by atoms with van der Waals surface area (Å²) in [7, 11) is 0. The molecular formula is C14H25NO3Sn. The summed E-state index contributed by atoms with van der Waals surface area (Å²) in [6.07, 6.45) is 0. The van der Waals surface area contributed by atoms with Crippen molar-refractivity contribution in [2.75, 3.05) is 19.8 Å². The molecule has 1 unspecified atom stereocenters. The second-order valence-electron chi connectivity index (χ2n) is 4.23. The Kier molecular flexibility index (Phi) is 7.31. The van der Waals surface area contributed by atoms with Gasteiger partial charge in [-0.05, 0) is 0 Å². The Bertz CT molecular complexity index is 368. The first-order chi connectivity index (χ1) is 9.11. The van der Waals surface area contributed by atoms with E-state index in [0.717, 1.165) is 9.14 Å². The SMILES string of the molecule is CC[O][Sn]([O]CC)([O]CC)[c]1ccccc1C(C)N. The predicted molar refractivity (Wildman–Crippen MR) is 79.3 cm³/mol. The third-order valence-electron chi connectivity index (χ3n) is 2.78. The molecule has 0 aliphatic rings. The van der Waals surface area contributed by atoms with Crippen molar-refractivity contribution in [2.24, 2.45) is 5.73 Å². The van der Waals surface area contributed by atoms with Crippen LogP contribution in [0.1, 0.15) is 39.3 Å². The van der Waals surface area contributed by atoms with Crippen LogP contribution < -0.4 is 9.31 Å². The zero-order valence-corrected chi connectivity index (χ0v) is 15.2. The van der Waals surface area contributed by atoms with Crippen LogP contribution in [0.5, 0.6) is 0 Å². The van der Waals surface area contributed by atoms with Gasteiger partial charge < -0.3 is 0 Å². The summed E-state index contributed by atoms with van der Waals surface area (Å²) in [5.74, 6) is 0. The molecule has 1 atom stereocenters. The minimum absolute atomic E-state index is 0.0614. The molecule has 0 amide bonds. The Morgan fingerprint density at radius 3 is 1.89 bits per heavy atom. The van der Waals surface area contributed by atoms with E-state index in [1.165, 1.54) is 0 Å². The molecule has 4 nitrogen and oxygen atoms in total. The molecule has 2 N–H and O–H groups in total. The van der Waals surface area contributed by atoms with Crippen molar-refractivity contribution in [3.8, 4) is 0 Å². The summed E-state index contributed by atoms with van der Waals surface area (Å²) >= 11 is -3.73. The number of nitrogens with two attached hydrogens (primary N) is 1. The quantitative estimate of drug-likeness (QED) is 0.708. The molecule has 0 fully saturated rings. The molecule has 0 aromatic heterocycles. The second kappa shape index (κ2) is 8.21. The van der Waals surface area contributed by atoms with Crippen LogP contribution in [0, 0.1) is 0 Å². The molecule has 5 heteroatoms. The minimum atomic E-state index is -3.73. The van der Waals surface area contributed by atoms with Gasteiger partial charge in [0.1, 0.15) is 0 Å². The number of benzene rings is 1. The van der Waals surface area contributed by atoms with Crippen LogP contribution in [0.15, 0.2) is 24.3 Å². The number of rotatable bonds is 8. The average Bonchev–Trinajstić information content (AvgIpc) is 2.39. The molecule has 0 saturated heterocycles. The van der Waals surface area contributed by atoms with Crippen molar-refractivity contribution < 1.29 is 9.22 Å². The third-order valence-corrected chi connectivity index (χ3v) is 11.7. The van der Waals surface area contributed by atoms with Gasteiger partial charge in [0.2, 0.25) is 0 Å². The van der Waals surface area contributed by atoms with Crippen molar-refractivity contribution in [2.45, 2.75) is 33.7 Å². The van der Waals surface area contributed by atoms with Crippen molar-refractivity contribution in [1.29, 1.82) is 0 Å². The van der Waals surface area contributed by atoms with Crippen LogP contribution in [0.2, 0.25) is 0 Å². The molecule has 1 rings (SSSR count). The summed E-state index contributed by atoms with van der Waals surface area (Å²) < 4.78 is 19.0. The van der Waals surface area contributed by atoms with E-state index in [9.17, 15) is 0 Å².